The summed E-state index contributed by atoms with van der Waals surface area (Å²) in [6.07, 6.45) is 0. The van der Waals surface area contributed by atoms with Crippen molar-refractivity contribution in [2.45, 2.75) is 21.3 Å². The molecule has 8 heavy (non-hydrogen) atoms. The van der Waals surface area contributed by atoms with Crippen LogP contribution in [0, 0.1) is 5.92 Å². The van der Waals surface area contributed by atoms with Crippen molar-refractivity contribution in [3.05, 3.63) is 0 Å². The van der Waals surface area contributed by atoms with Crippen molar-refractivity contribution in [2.24, 2.45) is 11.8 Å². The van der Waals surface area contributed by atoms with Crippen LogP contribution in [0.25, 0.3) is 0 Å². The van der Waals surface area contributed by atoms with Crippen LogP contribution in [0.1, 0.15) is 21.3 Å². The van der Waals surface area contributed by atoms with Crippen molar-refractivity contribution < 1.29 is 9.63 Å². The first kappa shape index (κ1) is 10.4. The average Bonchev–Trinajstić information content (AvgIpc) is 1.65. The number of rotatable bonds is 1. The maximum atomic E-state index is 10.2. The van der Waals surface area contributed by atoms with Gasteiger partial charge in [-0.2, -0.15) is 5.90 Å². The second-order valence-corrected chi connectivity index (χ2v) is 1.59. The van der Waals surface area contributed by atoms with E-state index in [-0.39, 0.29) is 19.3 Å². The van der Waals surface area contributed by atoms with E-state index in [1.165, 1.54) is 0 Å². The van der Waals surface area contributed by atoms with Crippen molar-refractivity contribution in [3.8, 4) is 0 Å². The molecule has 0 rings (SSSR count). The second kappa shape index (κ2) is 4.59. The van der Waals surface area contributed by atoms with Crippen LogP contribution in [0.2, 0.25) is 0 Å². The van der Waals surface area contributed by atoms with Gasteiger partial charge < -0.3 is 4.84 Å². The molecule has 0 unspecified atom stereocenters. The molecule has 0 heterocycles. The maximum Gasteiger partial charge on any atom is 0.326 e. The zero-order valence-corrected chi connectivity index (χ0v) is 4.47. The molecule has 0 aromatic rings. The van der Waals surface area contributed by atoms with Gasteiger partial charge in [0, 0.05) is 0 Å². The van der Waals surface area contributed by atoms with Gasteiger partial charge in [0.25, 0.3) is 0 Å². The van der Waals surface area contributed by atoms with Crippen LogP contribution in [-0.4, -0.2) is 5.97 Å². The largest absolute Gasteiger partial charge is 0.373 e. The van der Waals surface area contributed by atoms with Crippen LogP contribution in [0.3, 0.4) is 0 Å². The van der Waals surface area contributed by atoms with Gasteiger partial charge in [0.15, 0.2) is 0 Å². The van der Waals surface area contributed by atoms with Gasteiger partial charge in [-0.25, -0.2) is 0 Å². The number of carbonyl (C=O) groups excluding carboxylic acids is 1. The first-order valence-electron chi connectivity index (χ1n) is 2.09. The Kier molecular flexibility index (Phi) is 5.97. The number of hydrogen-bond donors (Lipinski definition) is 1. The molecule has 0 spiro atoms. The fourth-order valence-electron chi connectivity index (χ4n) is 0.136. The van der Waals surface area contributed by atoms with Crippen LogP contribution < -0.4 is 5.90 Å². The Labute approximate surface area is 49.8 Å². The van der Waals surface area contributed by atoms with Crippen molar-refractivity contribution >= 4 is 5.97 Å². The normalized spacial score (nSPS) is 8.00. The summed E-state index contributed by atoms with van der Waals surface area (Å²) in [5.74, 6) is 4.03. The van der Waals surface area contributed by atoms with Crippen molar-refractivity contribution in [1.82, 2.24) is 0 Å². The fraction of sp³-hybridized carbons (Fsp3) is 0.800. The van der Waals surface area contributed by atoms with Crippen molar-refractivity contribution in [1.29, 1.82) is 0 Å². The van der Waals surface area contributed by atoms with Crippen LogP contribution in [0.4, 0.5) is 0 Å². The second-order valence-electron chi connectivity index (χ2n) is 1.59. The Morgan fingerprint density at radius 3 is 2.00 bits per heavy atom. The molecule has 0 amide bonds. The Hall–Kier alpha value is -0.570. The van der Waals surface area contributed by atoms with Gasteiger partial charge >= 0.3 is 5.97 Å². The highest BCUT2D eigenvalue weighted by molar-refractivity contribution is 5.70. The molecule has 3 heteroatoms. The van der Waals surface area contributed by atoms with Gasteiger partial charge in [0.1, 0.15) is 0 Å². The molecule has 0 fully saturated rings. The molecule has 0 atom stereocenters. The Balaban J connectivity index is 0. The van der Waals surface area contributed by atoms with Crippen molar-refractivity contribution in [3.63, 3.8) is 0 Å². The molecule has 2 N–H and O–H groups in total. The summed E-state index contributed by atoms with van der Waals surface area (Å²) < 4.78 is 0. The summed E-state index contributed by atoms with van der Waals surface area (Å²) in [4.78, 5) is 14.0. The van der Waals surface area contributed by atoms with Crippen LogP contribution in [0.15, 0.2) is 0 Å². The van der Waals surface area contributed by atoms with E-state index < -0.39 is 0 Å². The van der Waals surface area contributed by atoms with Crippen LogP contribution >= 0.6 is 0 Å². The van der Waals surface area contributed by atoms with E-state index in [1.807, 2.05) is 0 Å². The standard InChI is InChI=1S/C4H9NO2.CH4/c1-3(2)4(6)7-5;/h3H,5H2,1-2H3;1H4. The molecule has 0 radical (unpaired) electrons. The minimum Gasteiger partial charge on any atom is -0.373 e. The highest BCUT2D eigenvalue weighted by Gasteiger charge is 2.04. The average molecular weight is 119 g/mol. The van der Waals surface area contributed by atoms with Gasteiger partial charge in [-0.3, -0.25) is 4.79 Å². The molecule has 0 saturated heterocycles. The van der Waals surface area contributed by atoms with Gasteiger partial charge in [-0.1, -0.05) is 21.3 Å². The van der Waals surface area contributed by atoms with E-state index in [2.05, 4.69) is 10.7 Å². The number of hydrogen-bond acceptors (Lipinski definition) is 3. The monoisotopic (exact) mass is 119 g/mol. The van der Waals surface area contributed by atoms with Crippen LogP contribution in [0.5, 0.6) is 0 Å². The molecular formula is C5H13NO2. The lowest BCUT2D eigenvalue weighted by atomic mass is 10.2. The lowest BCUT2D eigenvalue weighted by molar-refractivity contribution is -0.147. The highest BCUT2D eigenvalue weighted by atomic mass is 16.7. The summed E-state index contributed by atoms with van der Waals surface area (Å²) in [7, 11) is 0. The molecule has 50 valence electrons. The highest BCUT2D eigenvalue weighted by Crippen LogP contribution is 1.90. The molecule has 0 aliphatic carbocycles. The van der Waals surface area contributed by atoms with Gasteiger partial charge in [0.2, 0.25) is 0 Å². The van der Waals surface area contributed by atoms with E-state index in [0.29, 0.717) is 0 Å². The summed E-state index contributed by atoms with van der Waals surface area (Å²) in [5, 5.41) is 0. The molecule has 0 saturated carbocycles. The molecule has 3 nitrogen and oxygen atoms in total. The van der Waals surface area contributed by atoms with Crippen molar-refractivity contribution in [2.75, 3.05) is 0 Å². The lowest BCUT2D eigenvalue weighted by Gasteiger charge is -1.96. The summed E-state index contributed by atoms with van der Waals surface area (Å²) in [5.41, 5.74) is 0. The third-order valence-electron chi connectivity index (χ3n) is 0.588. The fourth-order valence-corrected chi connectivity index (χ4v) is 0.136. The first-order chi connectivity index (χ1) is 3.18. The molecule has 0 aliphatic heterocycles. The SMILES string of the molecule is C.CC(C)C(=O)ON. The predicted molar refractivity (Wildman–Crippen MR) is 31.8 cm³/mol. The third kappa shape index (κ3) is 3.61. The van der Waals surface area contributed by atoms with E-state index >= 15 is 0 Å². The lowest BCUT2D eigenvalue weighted by Crippen LogP contribution is -2.15. The minimum atomic E-state index is -0.375. The number of carbonyl (C=O) groups is 1. The van der Waals surface area contributed by atoms with Gasteiger partial charge in [-0.05, 0) is 0 Å². The van der Waals surface area contributed by atoms with E-state index in [9.17, 15) is 4.79 Å². The summed E-state index contributed by atoms with van der Waals surface area (Å²) in [6, 6.07) is 0. The predicted octanol–water partition coefficient (Wildman–Crippen LogP) is 0.695. The van der Waals surface area contributed by atoms with Gasteiger partial charge in [0.05, 0.1) is 5.92 Å². The topological polar surface area (TPSA) is 52.3 Å². The summed E-state index contributed by atoms with van der Waals surface area (Å²) >= 11 is 0. The maximum absolute atomic E-state index is 10.2. The first-order valence-corrected chi connectivity index (χ1v) is 2.09. The van der Waals surface area contributed by atoms with Crippen LogP contribution in [-0.2, 0) is 9.63 Å². The molecule has 0 bridgehead atoms. The molecule has 0 aromatic heterocycles. The third-order valence-corrected chi connectivity index (χ3v) is 0.588. The summed E-state index contributed by atoms with van der Waals surface area (Å²) in [6.45, 7) is 3.43. The Morgan fingerprint density at radius 2 is 2.00 bits per heavy atom. The van der Waals surface area contributed by atoms with E-state index in [1.54, 1.807) is 13.8 Å². The van der Waals surface area contributed by atoms with E-state index in [4.69, 9.17) is 0 Å². The number of nitrogens with two attached hydrogens (primary N) is 1. The zero-order valence-electron chi connectivity index (χ0n) is 4.47. The molecule has 0 aromatic carbocycles. The minimum absolute atomic E-state index is 0. The zero-order chi connectivity index (χ0) is 5.86. The molecular weight excluding hydrogens is 106 g/mol. The van der Waals surface area contributed by atoms with Gasteiger partial charge in [-0.15, -0.1) is 0 Å². The Morgan fingerprint density at radius 1 is 1.62 bits per heavy atom. The quantitative estimate of drug-likeness (QED) is 0.517. The smallest absolute Gasteiger partial charge is 0.326 e. The van der Waals surface area contributed by atoms with E-state index in [0.717, 1.165) is 0 Å². The molecule has 0 aliphatic rings. The Bertz CT molecular complexity index is 70.8.